The highest BCUT2D eigenvalue weighted by Crippen LogP contribution is 2.20. The van der Waals surface area contributed by atoms with Gasteiger partial charge in [-0.05, 0) is 30.5 Å². The Bertz CT molecular complexity index is 1190. The fourth-order valence-corrected chi connectivity index (χ4v) is 2.91. The molecule has 0 unspecified atom stereocenters. The lowest BCUT2D eigenvalue weighted by Gasteiger charge is -2.06. The Morgan fingerprint density at radius 2 is 2.00 bits per heavy atom. The van der Waals surface area contributed by atoms with Gasteiger partial charge in [0.25, 0.3) is 11.5 Å². The third-order valence-corrected chi connectivity index (χ3v) is 4.12. The molecule has 0 bridgehead atoms. The first-order valence-corrected chi connectivity index (χ1v) is 7.76. The quantitative estimate of drug-likeness (QED) is 0.589. The number of fused-ring (bicyclic) bond motifs is 2. The highest BCUT2D eigenvalue weighted by atomic mass is 16.2. The van der Waals surface area contributed by atoms with Gasteiger partial charge in [-0.15, -0.1) is 0 Å². The fraction of sp³-hybridized carbons (Fsp3) is 0.111. The van der Waals surface area contributed by atoms with Crippen molar-refractivity contribution in [1.29, 1.82) is 0 Å². The van der Waals surface area contributed by atoms with Crippen LogP contribution in [-0.2, 0) is 7.05 Å². The molecule has 0 aliphatic heterocycles. The number of rotatable bonds is 2. The number of benzene rings is 1. The second kappa shape index (κ2) is 5.55. The Balaban J connectivity index is 1.70. The first kappa shape index (κ1) is 15.1. The third kappa shape index (κ3) is 2.55. The summed E-state index contributed by atoms with van der Waals surface area (Å²) >= 11 is 0. The number of amides is 1. The molecular weight excluding hydrogens is 318 g/mol. The van der Waals surface area contributed by atoms with Crippen LogP contribution in [0.15, 0.2) is 47.4 Å². The topological polar surface area (TPSA) is 92.7 Å². The summed E-state index contributed by atoms with van der Waals surface area (Å²) < 4.78 is 1.69. The number of nitrogens with zero attached hydrogens (tertiary/aromatic N) is 3. The van der Waals surface area contributed by atoms with E-state index in [1.54, 1.807) is 35.1 Å². The number of aromatic amines is 1. The SMILES string of the molecule is Cc1nn(C)c2ncc(NC(=O)c3cc4ccccc4c(=O)[nH]3)cc12. The molecule has 25 heavy (non-hydrogen) atoms. The first-order chi connectivity index (χ1) is 12.0. The molecule has 0 saturated heterocycles. The number of pyridine rings is 2. The molecule has 124 valence electrons. The van der Waals surface area contributed by atoms with Gasteiger partial charge in [0.1, 0.15) is 5.69 Å². The van der Waals surface area contributed by atoms with Crippen molar-refractivity contribution in [1.82, 2.24) is 19.7 Å². The van der Waals surface area contributed by atoms with E-state index >= 15 is 0 Å². The van der Waals surface area contributed by atoms with Crippen LogP contribution in [-0.4, -0.2) is 25.7 Å². The number of H-pyrrole nitrogens is 1. The average molecular weight is 333 g/mol. The van der Waals surface area contributed by atoms with Crippen molar-refractivity contribution in [3.8, 4) is 0 Å². The highest BCUT2D eigenvalue weighted by Gasteiger charge is 2.12. The maximum atomic E-state index is 12.5. The minimum atomic E-state index is -0.398. The molecule has 4 aromatic rings. The minimum absolute atomic E-state index is 0.201. The van der Waals surface area contributed by atoms with E-state index in [2.05, 4.69) is 20.4 Å². The molecule has 1 aromatic carbocycles. The standard InChI is InChI=1S/C18H15N5O2/c1-10-14-8-12(9-19-16(14)23(2)22-10)20-18(25)15-7-11-5-3-4-6-13(11)17(24)21-15/h3-9H,1-2H3,(H,20,25)(H,21,24). The lowest BCUT2D eigenvalue weighted by molar-refractivity contribution is 0.102. The van der Waals surface area contributed by atoms with Crippen molar-refractivity contribution >= 4 is 33.4 Å². The average Bonchev–Trinajstić information content (AvgIpc) is 2.89. The molecule has 4 rings (SSSR count). The highest BCUT2D eigenvalue weighted by molar-refractivity contribution is 6.05. The normalized spacial score (nSPS) is 11.1. The van der Waals surface area contributed by atoms with Crippen LogP contribution < -0.4 is 10.9 Å². The van der Waals surface area contributed by atoms with Gasteiger partial charge in [-0.1, -0.05) is 18.2 Å². The van der Waals surface area contributed by atoms with Gasteiger partial charge in [0.2, 0.25) is 0 Å². The van der Waals surface area contributed by atoms with E-state index in [0.717, 1.165) is 16.7 Å². The zero-order valence-corrected chi connectivity index (χ0v) is 13.7. The molecule has 0 saturated carbocycles. The maximum absolute atomic E-state index is 12.5. The van der Waals surface area contributed by atoms with Crippen LogP contribution in [0.2, 0.25) is 0 Å². The fourth-order valence-electron chi connectivity index (χ4n) is 2.91. The molecule has 0 spiro atoms. The van der Waals surface area contributed by atoms with Crippen LogP contribution in [0.25, 0.3) is 21.8 Å². The number of carbonyl (C=O) groups excluding carboxylic acids is 1. The molecule has 0 aliphatic carbocycles. The Morgan fingerprint density at radius 1 is 1.20 bits per heavy atom. The van der Waals surface area contributed by atoms with Gasteiger partial charge >= 0.3 is 0 Å². The molecular formula is C18H15N5O2. The summed E-state index contributed by atoms with van der Waals surface area (Å²) in [6, 6.07) is 10.6. The Hall–Kier alpha value is -3.48. The van der Waals surface area contributed by atoms with Gasteiger partial charge in [-0.3, -0.25) is 14.3 Å². The molecule has 0 atom stereocenters. The molecule has 7 nitrogen and oxygen atoms in total. The maximum Gasteiger partial charge on any atom is 0.272 e. The van der Waals surface area contributed by atoms with E-state index in [1.165, 1.54) is 0 Å². The number of hydrogen-bond donors (Lipinski definition) is 2. The van der Waals surface area contributed by atoms with E-state index in [9.17, 15) is 9.59 Å². The number of anilines is 1. The van der Waals surface area contributed by atoms with Crippen molar-refractivity contribution < 1.29 is 4.79 Å². The number of aryl methyl sites for hydroxylation is 2. The lowest BCUT2D eigenvalue weighted by Crippen LogP contribution is -2.19. The van der Waals surface area contributed by atoms with E-state index in [-0.39, 0.29) is 11.3 Å². The summed E-state index contributed by atoms with van der Waals surface area (Å²) in [5, 5.41) is 9.21. The van der Waals surface area contributed by atoms with Crippen LogP contribution in [0.3, 0.4) is 0 Å². The van der Waals surface area contributed by atoms with Crippen molar-refractivity contribution in [2.45, 2.75) is 6.92 Å². The summed E-state index contributed by atoms with van der Waals surface area (Å²) in [4.78, 5) is 31.6. The second-order valence-corrected chi connectivity index (χ2v) is 5.86. The summed E-state index contributed by atoms with van der Waals surface area (Å²) in [6.45, 7) is 1.89. The molecule has 0 aliphatic rings. The number of nitrogens with one attached hydrogen (secondary N) is 2. The van der Waals surface area contributed by atoms with Crippen LogP contribution in [0.1, 0.15) is 16.2 Å². The van der Waals surface area contributed by atoms with Crippen molar-refractivity contribution in [2.24, 2.45) is 7.05 Å². The van der Waals surface area contributed by atoms with Crippen molar-refractivity contribution in [3.05, 3.63) is 64.3 Å². The minimum Gasteiger partial charge on any atom is -0.319 e. The summed E-state index contributed by atoms with van der Waals surface area (Å²) in [7, 11) is 1.82. The van der Waals surface area contributed by atoms with Gasteiger partial charge in [-0.25, -0.2) is 4.98 Å². The predicted octanol–water partition coefficient (Wildman–Crippen LogP) is 2.37. The molecule has 0 fully saturated rings. The van der Waals surface area contributed by atoms with Gasteiger partial charge in [0, 0.05) is 17.8 Å². The zero-order valence-electron chi connectivity index (χ0n) is 13.7. The zero-order chi connectivity index (χ0) is 17.6. The van der Waals surface area contributed by atoms with Gasteiger partial charge < -0.3 is 10.3 Å². The lowest BCUT2D eigenvalue weighted by atomic mass is 10.1. The van der Waals surface area contributed by atoms with E-state index in [4.69, 9.17) is 0 Å². The predicted molar refractivity (Wildman–Crippen MR) is 95.8 cm³/mol. The van der Waals surface area contributed by atoms with E-state index in [1.807, 2.05) is 26.1 Å². The Labute approximate surface area is 142 Å². The molecule has 0 radical (unpaired) electrons. The van der Waals surface area contributed by atoms with Gasteiger partial charge in [-0.2, -0.15) is 5.10 Å². The molecule has 1 amide bonds. The van der Waals surface area contributed by atoms with E-state index < -0.39 is 5.91 Å². The summed E-state index contributed by atoms with van der Waals surface area (Å²) in [5.74, 6) is -0.398. The molecule has 2 N–H and O–H groups in total. The largest absolute Gasteiger partial charge is 0.319 e. The molecule has 3 aromatic heterocycles. The third-order valence-electron chi connectivity index (χ3n) is 4.12. The number of carbonyl (C=O) groups is 1. The van der Waals surface area contributed by atoms with Crippen LogP contribution in [0.5, 0.6) is 0 Å². The van der Waals surface area contributed by atoms with Crippen molar-refractivity contribution in [3.63, 3.8) is 0 Å². The Morgan fingerprint density at radius 3 is 2.84 bits per heavy atom. The Kier molecular flexibility index (Phi) is 3.35. The van der Waals surface area contributed by atoms with Crippen LogP contribution in [0.4, 0.5) is 5.69 Å². The van der Waals surface area contributed by atoms with Gasteiger partial charge in [0.05, 0.1) is 17.6 Å². The number of hydrogen-bond acceptors (Lipinski definition) is 4. The molecule has 3 heterocycles. The van der Waals surface area contributed by atoms with E-state index in [0.29, 0.717) is 16.5 Å². The van der Waals surface area contributed by atoms with Gasteiger partial charge in [0.15, 0.2) is 5.65 Å². The van der Waals surface area contributed by atoms with Crippen molar-refractivity contribution in [2.75, 3.05) is 5.32 Å². The monoisotopic (exact) mass is 333 g/mol. The molecule has 7 heteroatoms. The first-order valence-electron chi connectivity index (χ1n) is 7.76. The summed E-state index contributed by atoms with van der Waals surface area (Å²) in [6.07, 6.45) is 1.57. The smallest absolute Gasteiger partial charge is 0.272 e. The summed E-state index contributed by atoms with van der Waals surface area (Å²) in [5.41, 5.74) is 2.03. The number of aromatic nitrogens is 4. The van der Waals surface area contributed by atoms with Crippen LogP contribution in [0, 0.1) is 6.92 Å². The van der Waals surface area contributed by atoms with Crippen LogP contribution >= 0.6 is 0 Å². The second-order valence-electron chi connectivity index (χ2n) is 5.86.